The maximum atomic E-state index is 4.78. The van der Waals surface area contributed by atoms with Crippen LogP contribution < -0.4 is 5.19 Å². The van der Waals surface area contributed by atoms with Gasteiger partial charge in [-0.3, -0.25) is 0 Å². The van der Waals surface area contributed by atoms with Crippen LogP contribution in [-0.4, -0.2) is 18.0 Å². The van der Waals surface area contributed by atoms with Crippen LogP contribution in [0.3, 0.4) is 0 Å². The van der Waals surface area contributed by atoms with Crippen molar-refractivity contribution >= 4 is 44.8 Å². The van der Waals surface area contributed by atoms with Crippen molar-refractivity contribution in [3.05, 3.63) is 150 Å². The quantitative estimate of drug-likeness (QED) is 0.128. The number of pyridine rings is 2. The van der Waals surface area contributed by atoms with Crippen LogP contribution in [-0.2, 0) is 25.5 Å². The number of rotatable bonds is 5. The van der Waals surface area contributed by atoms with E-state index in [1.807, 2.05) is 41.8 Å². The minimum Gasteiger partial charge on any atom is -0.305 e. The minimum absolute atomic E-state index is 0. The molecule has 3 heterocycles. The Bertz CT molecular complexity index is 2060. The average molecular weight is 811 g/mol. The third-order valence-electron chi connectivity index (χ3n) is 8.50. The van der Waals surface area contributed by atoms with Crippen molar-refractivity contribution in [2.75, 3.05) is 0 Å². The fraction of sp³-hybridized carbons (Fsp3) is 0.171. The molecule has 0 aliphatic heterocycles. The molecule has 3 aromatic heterocycles. The number of aryl methyl sites for hydroxylation is 1. The molecule has 0 spiro atoms. The van der Waals surface area contributed by atoms with Crippen molar-refractivity contribution in [1.82, 2.24) is 9.97 Å². The average Bonchev–Trinajstić information content (AvgIpc) is 3.46. The second kappa shape index (κ2) is 13.9. The van der Waals surface area contributed by atoms with Gasteiger partial charge in [-0.2, -0.15) is 11.3 Å². The molecule has 2 nitrogen and oxygen atoms in total. The summed E-state index contributed by atoms with van der Waals surface area (Å²) in [7, 11) is -1.32. The number of hydrogen-bond acceptors (Lipinski definition) is 3. The van der Waals surface area contributed by atoms with E-state index in [4.69, 9.17) is 4.98 Å². The molecule has 0 saturated carbocycles. The third kappa shape index (κ3) is 6.99. The summed E-state index contributed by atoms with van der Waals surface area (Å²) in [6.07, 6.45) is 3.95. The third-order valence-corrected chi connectivity index (χ3v) is 11.7. The number of fused-ring (bicyclic) bond motifs is 3. The van der Waals surface area contributed by atoms with Crippen LogP contribution in [0.4, 0.5) is 0 Å². The molecule has 0 aliphatic carbocycles. The molecule has 0 atom stereocenters. The molecule has 0 bridgehead atoms. The van der Waals surface area contributed by atoms with Crippen molar-refractivity contribution in [3.63, 3.8) is 0 Å². The summed E-state index contributed by atoms with van der Waals surface area (Å²) >= 11 is 1.84. The van der Waals surface area contributed by atoms with Crippen LogP contribution in [0.25, 0.3) is 42.7 Å². The van der Waals surface area contributed by atoms with Crippen LogP contribution >= 0.6 is 11.3 Å². The summed E-state index contributed by atoms with van der Waals surface area (Å²) in [5.41, 5.74) is 7.95. The Morgan fingerprint density at radius 1 is 0.739 bits per heavy atom. The molecule has 4 aromatic carbocycles. The molecule has 7 rings (SSSR count). The first kappa shape index (κ1) is 33.6. The Kier molecular flexibility index (Phi) is 10.2. The van der Waals surface area contributed by atoms with Gasteiger partial charge in [0.1, 0.15) is 0 Å². The first-order valence-corrected chi connectivity index (χ1v) is 19.7. The van der Waals surface area contributed by atoms with Gasteiger partial charge in [0.2, 0.25) is 0 Å². The smallest absolute Gasteiger partial charge is 0.0795 e. The van der Waals surface area contributed by atoms with Crippen molar-refractivity contribution in [1.29, 1.82) is 0 Å². The molecule has 0 fully saturated rings. The van der Waals surface area contributed by atoms with Crippen molar-refractivity contribution in [2.45, 2.75) is 45.8 Å². The standard InChI is InChI=1S/C21H20NSSi.C20H18N.Ir/c1-14-9-11-16(18-12-10-15(13-22-18)24(2,3)4)21-20(14)17-7-5-6-8-19(17)23-21;1-20(2,17-11-7-4-8-12-17)18-13-14-21-19(15-18)16-9-5-3-6-10-16;/h5-10,12-13H,1-4H3;3-9,11-15H,1-2H3;/q2*-1;. The van der Waals surface area contributed by atoms with Crippen molar-refractivity contribution in [3.8, 4) is 22.5 Å². The Balaban J connectivity index is 0.000000179. The Morgan fingerprint density at radius 2 is 1.48 bits per heavy atom. The molecule has 46 heavy (non-hydrogen) atoms. The molecule has 0 aliphatic rings. The van der Waals surface area contributed by atoms with E-state index in [9.17, 15) is 0 Å². The molecular weight excluding hydrogens is 773 g/mol. The zero-order chi connectivity index (χ0) is 31.6. The second-order valence-corrected chi connectivity index (χ2v) is 19.2. The molecule has 0 unspecified atom stereocenters. The normalized spacial score (nSPS) is 11.5. The summed E-state index contributed by atoms with van der Waals surface area (Å²) in [5.74, 6) is 0. The fourth-order valence-corrected chi connectivity index (χ4v) is 7.97. The van der Waals surface area contributed by atoms with Gasteiger partial charge in [0, 0.05) is 42.6 Å². The Labute approximate surface area is 292 Å². The summed E-state index contributed by atoms with van der Waals surface area (Å²) in [4.78, 5) is 9.26. The van der Waals surface area contributed by atoms with Gasteiger partial charge in [0.05, 0.1) is 8.07 Å². The summed E-state index contributed by atoms with van der Waals surface area (Å²) in [6.45, 7) is 13.7. The zero-order valence-electron chi connectivity index (χ0n) is 27.2. The van der Waals surface area contributed by atoms with Crippen LogP contribution in [0.2, 0.25) is 19.6 Å². The van der Waals surface area contributed by atoms with Gasteiger partial charge >= 0.3 is 0 Å². The SMILES string of the molecule is CC(C)(c1ccccc1)c1ccnc(-c2[c-]cccc2)c1.Cc1c[c-]c(-c2ccc([Si](C)(C)C)cn2)c2sc3ccccc3c12.[Ir]. The van der Waals surface area contributed by atoms with E-state index in [0.29, 0.717) is 0 Å². The van der Waals surface area contributed by atoms with E-state index in [1.165, 1.54) is 42.0 Å². The second-order valence-electron chi connectivity index (χ2n) is 13.0. The fourth-order valence-electron chi connectivity index (χ4n) is 5.65. The number of nitrogens with zero attached hydrogens (tertiary/aromatic N) is 2. The Hall–Kier alpha value is -3.73. The predicted octanol–water partition coefficient (Wildman–Crippen LogP) is 10.6. The largest absolute Gasteiger partial charge is 0.305 e. The summed E-state index contributed by atoms with van der Waals surface area (Å²) in [6, 6.07) is 44.7. The van der Waals surface area contributed by atoms with Crippen LogP contribution in [0.15, 0.2) is 122 Å². The molecular formula is C41H38IrN2SSi-2. The summed E-state index contributed by atoms with van der Waals surface area (Å²) in [5, 5.41) is 4.08. The molecule has 0 saturated heterocycles. The predicted molar refractivity (Wildman–Crippen MR) is 196 cm³/mol. The van der Waals surface area contributed by atoms with Crippen LogP contribution in [0, 0.1) is 19.1 Å². The monoisotopic (exact) mass is 811 g/mol. The van der Waals surface area contributed by atoms with Crippen molar-refractivity contribution in [2.24, 2.45) is 0 Å². The molecule has 1 radical (unpaired) electrons. The first-order valence-electron chi connectivity index (χ1n) is 15.4. The van der Waals surface area contributed by atoms with E-state index in [2.05, 4.69) is 149 Å². The van der Waals surface area contributed by atoms with Crippen LogP contribution in [0.1, 0.15) is 30.5 Å². The van der Waals surface area contributed by atoms with Gasteiger partial charge in [0.25, 0.3) is 0 Å². The number of thiophene rings is 1. The first-order chi connectivity index (χ1) is 21.6. The zero-order valence-corrected chi connectivity index (χ0v) is 31.4. The maximum absolute atomic E-state index is 4.78. The van der Waals surface area contributed by atoms with Gasteiger partial charge < -0.3 is 9.97 Å². The Morgan fingerprint density at radius 3 is 2.17 bits per heavy atom. The van der Waals surface area contributed by atoms with E-state index in [1.54, 1.807) is 0 Å². The number of aromatic nitrogens is 2. The van der Waals surface area contributed by atoms with Crippen molar-refractivity contribution < 1.29 is 20.1 Å². The number of hydrogen-bond donors (Lipinski definition) is 0. The van der Waals surface area contributed by atoms with E-state index >= 15 is 0 Å². The van der Waals surface area contributed by atoms with E-state index < -0.39 is 8.07 Å². The van der Waals surface area contributed by atoms with E-state index in [-0.39, 0.29) is 25.5 Å². The maximum Gasteiger partial charge on any atom is 0.0795 e. The van der Waals surface area contributed by atoms with Gasteiger partial charge in [-0.15, -0.1) is 59.2 Å². The molecule has 0 amide bonds. The van der Waals surface area contributed by atoms with Gasteiger partial charge in [-0.25, -0.2) is 0 Å². The molecule has 7 aromatic rings. The topological polar surface area (TPSA) is 25.8 Å². The van der Waals surface area contributed by atoms with Gasteiger partial charge in [0.15, 0.2) is 0 Å². The van der Waals surface area contributed by atoms with E-state index in [0.717, 1.165) is 22.5 Å². The minimum atomic E-state index is -1.32. The molecule has 5 heteroatoms. The molecule has 0 N–H and O–H groups in total. The van der Waals surface area contributed by atoms with Crippen LogP contribution in [0.5, 0.6) is 0 Å². The molecule has 233 valence electrons. The van der Waals surface area contributed by atoms with Gasteiger partial charge in [-0.05, 0) is 49.9 Å². The number of benzene rings is 4. The van der Waals surface area contributed by atoms with Gasteiger partial charge in [-0.1, -0.05) is 113 Å². The summed E-state index contributed by atoms with van der Waals surface area (Å²) < 4.78 is 2.62.